The summed E-state index contributed by atoms with van der Waals surface area (Å²) in [5.41, 5.74) is 0.680. The van der Waals surface area contributed by atoms with Crippen LogP contribution in [0.25, 0.3) is 11.3 Å². The molecule has 0 spiro atoms. The van der Waals surface area contributed by atoms with Crippen molar-refractivity contribution in [2.24, 2.45) is 0 Å². The molecule has 5 nitrogen and oxygen atoms in total. The molecule has 0 aliphatic heterocycles. The van der Waals surface area contributed by atoms with E-state index in [-0.39, 0.29) is 18.3 Å². The Labute approximate surface area is 159 Å². The number of carbonyl (C=O) groups excluding carboxylic acids is 2. The number of rotatable bonds is 7. The summed E-state index contributed by atoms with van der Waals surface area (Å²) in [4.78, 5) is 24.9. The number of nitrogens with one attached hydrogen (secondary N) is 1. The Balaban J connectivity index is 1.48. The van der Waals surface area contributed by atoms with E-state index in [0.717, 1.165) is 6.42 Å². The Kier molecular flexibility index (Phi) is 6.09. The van der Waals surface area contributed by atoms with Crippen molar-refractivity contribution in [1.29, 1.82) is 0 Å². The number of esters is 1. The molecule has 1 aromatic carbocycles. The highest BCUT2D eigenvalue weighted by atomic mass is 35.5. The van der Waals surface area contributed by atoms with Gasteiger partial charge >= 0.3 is 5.97 Å². The molecule has 2 heterocycles. The third-order valence-corrected chi connectivity index (χ3v) is 4.82. The number of ether oxygens (including phenoxy) is 1. The highest BCUT2D eigenvalue weighted by Gasteiger charge is 2.16. The van der Waals surface area contributed by atoms with Crippen LogP contribution in [0.2, 0.25) is 5.02 Å². The molecule has 0 radical (unpaired) electrons. The Morgan fingerprint density at radius 2 is 1.96 bits per heavy atom. The van der Waals surface area contributed by atoms with Gasteiger partial charge in [0.15, 0.2) is 6.61 Å². The molecule has 3 aromatic rings. The standard InChI is InChI=1S/C19H16ClNO4S/c20-15-6-2-1-5-14(15)16-7-8-17(25-16)19(23)24-12-18(22)21-10-9-13-4-3-11-26-13/h1-8,11H,9-10,12H2,(H,21,22). The van der Waals surface area contributed by atoms with Gasteiger partial charge in [-0.2, -0.15) is 0 Å². The van der Waals surface area contributed by atoms with Crippen molar-refractivity contribution in [3.8, 4) is 11.3 Å². The zero-order valence-corrected chi connectivity index (χ0v) is 15.3. The van der Waals surface area contributed by atoms with Crippen LogP contribution in [0.5, 0.6) is 0 Å². The minimum Gasteiger partial charge on any atom is -0.450 e. The second-order valence-electron chi connectivity index (χ2n) is 5.40. The van der Waals surface area contributed by atoms with Crippen LogP contribution < -0.4 is 5.32 Å². The van der Waals surface area contributed by atoms with Gasteiger partial charge in [0.25, 0.3) is 5.91 Å². The van der Waals surface area contributed by atoms with Crippen LogP contribution >= 0.6 is 22.9 Å². The lowest BCUT2D eigenvalue weighted by atomic mass is 10.2. The largest absolute Gasteiger partial charge is 0.450 e. The third kappa shape index (κ3) is 4.74. The van der Waals surface area contributed by atoms with Crippen molar-refractivity contribution in [2.45, 2.75) is 6.42 Å². The fraction of sp³-hybridized carbons (Fsp3) is 0.158. The Morgan fingerprint density at radius 1 is 1.12 bits per heavy atom. The first-order valence-electron chi connectivity index (χ1n) is 7.94. The molecule has 134 valence electrons. The first-order valence-corrected chi connectivity index (χ1v) is 9.20. The van der Waals surface area contributed by atoms with Gasteiger partial charge in [0.1, 0.15) is 5.76 Å². The van der Waals surface area contributed by atoms with E-state index in [1.165, 1.54) is 10.9 Å². The van der Waals surface area contributed by atoms with Gasteiger partial charge in [0.2, 0.25) is 5.76 Å². The van der Waals surface area contributed by atoms with E-state index in [1.807, 2.05) is 23.6 Å². The molecule has 1 N–H and O–H groups in total. The zero-order valence-electron chi connectivity index (χ0n) is 13.7. The summed E-state index contributed by atoms with van der Waals surface area (Å²) in [6.45, 7) is 0.139. The van der Waals surface area contributed by atoms with Gasteiger partial charge in [-0.15, -0.1) is 11.3 Å². The molecule has 0 saturated heterocycles. The van der Waals surface area contributed by atoms with E-state index in [1.54, 1.807) is 35.6 Å². The monoisotopic (exact) mass is 389 g/mol. The molecule has 26 heavy (non-hydrogen) atoms. The lowest BCUT2D eigenvalue weighted by Gasteiger charge is -2.05. The van der Waals surface area contributed by atoms with Gasteiger partial charge in [0.05, 0.1) is 5.02 Å². The SMILES string of the molecule is O=C(COC(=O)c1ccc(-c2ccccc2Cl)o1)NCCc1cccs1. The van der Waals surface area contributed by atoms with E-state index in [0.29, 0.717) is 22.9 Å². The number of carbonyl (C=O) groups is 2. The maximum Gasteiger partial charge on any atom is 0.374 e. The van der Waals surface area contributed by atoms with Gasteiger partial charge in [-0.1, -0.05) is 29.8 Å². The van der Waals surface area contributed by atoms with E-state index in [9.17, 15) is 9.59 Å². The first-order chi connectivity index (χ1) is 12.6. The van der Waals surface area contributed by atoms with Crippen molar-refractivity contribution in [3.05, 3.63) is 69.6 Å². The highest BCUT2D eigenvalue weighted by molar-refractivity contribution is 7.09. The Hall–Kier alpha value is -2.57. The van der Waals surface area contributed by atoms with Gasteiger partial charge in [-0.3, -0.25) is 4.79 Å². The van der Waals surface area contributed by atoms with E-state index < -0.39 is 5.97 Å². The normalized spacial score (nSPS) is 10.5. The van der Waals surface area contributed by atoms with Gasteiger partial charge in [0, 0.05) is 17.0 Å². The number of hydrogen-bond donors (Lipinski definition) is 1. The van der Waals surface area contributed by atoms with Gasteiger partial charge < -0.3 is 14.5 Å². The van der Waals surface area contributed by atoms with Crippen LogP contribution in [0.4, 0.5) is 0 Å². The predicted molar refractivity (Wildman–Crippen MR) is 100 cm³/mol. The second kappa shape index (κ2) is 8.69. The predicted octanol–water partition coefficient (Wildman–Crippen LogP) is 4.18. The van der Waals surface area contributed by atoms with Crippen molar-refractivity contribution >= 4 is 34.8 Å². The van der Waals surface area contributed by atoms with Crippen LogP contribution in [0.15, 0.2) is 58.3 Å². The molecule has 0 bridgehead atoms. The average molecular weight is 390 g/mol. The molecular weight excluding hydrogens is 374 g/mol. The van der Waals surface area contributed by atoms with Crippen LogP contribution in [-0.2, 0) is 16.0 Å². The molecule has 7 heteroatoms. The van der Waals surface area contributed by atoms with Crippen LogP contribution in [0.1, 0.15) is 15.4 Å². The number of hydrogen-bond acceptors (Lipinski definition) is 5. The summed E-state index contributed by atoms with van der Waals surface area (Å²) in [5, 5.41) is 5.21. The fourth-order valence-corrected chi connectivity index (χ4v) is 3.22. The molecule has 1 amide bonds. The fourth-order valence-electron chi connectivity index (χ4n) is 2.29. The number of amides is 1. The van der Waals surface area contributed by atoms with E-state index in [4.69, 9.17) is 20.8 Å². The second-order valence-corrected chi connectivity index (χ2v) is 6.84. The zero-order chi connectivity index (χ0) is 18.4. The molecular formula is C19H16ClNO4S. The van der Waals surface area contributed by atoms with Crippen LogP contribution in [-0.4, -0.2) is 25.0 Å². The highest BCUT2D eigenvalue weighted by Crippen LogP contribution is 2.29. The Bertz CT molecular complexity index is 889. The number of benzene rings is 1. The molecule has 0 saturated carbocycles. The summed E-state index contributed by atoms with van der Waals surface area (Å²) in [5.74, 6) is -0.571. The summed E-state index contributed by atoms with van der Waals surface area (Å²) >= 11 is 7.74. The molecule has 0 aliphatic rings. The summed E-state index contributed by atoms with van der Waals surface area (Å²) in [6.07, 6.45) is 0.747. The number of thiophene rings is 1. The molecule has 3 rings (SSSR count). The number of halogens is 1. The molecule has 0 atom stereocenters. The molecule has 0 aliphatic carbocycles. The summed E-state index contributed by atoms with van der Waals surface area (Å²) in [7, 11) is 0. The van der Waals surface area contributed by atoms with Gasteiger partial charge in [-0.05, 0) is 42.1 Å². The summed E-state index contributed by atoms with van der Waals surface area (Å²) in [6, 6.07) is 14.3. The minimum atomic E-state index is -0.697. The maximum absolute atomic E-state index is 12.0. The lowest BCUT2D eigenvalue weighted by molar-refractivity contribution is -0.124. The van der Waals surface area contributed by atoms with Crippen LogP contribution in [0, 0.1) is 0 Å². The molecule has 0 unspecified atom stereocenters. The number of furan rings is 1. The smallest absolute Gasteiger partial charge is 0.374 e. The Morgan fingerprint density at radius 3 is 2.73 bits per heavy atom. The van der Waals surface area contributed by atoms with Crippen molar-refractivity contribution < 1.29 is 18.7 Å². The van der Waals surface area contributed by atoms with Gasteiger partial charge in [-0.25, -0.2) is 4.79 Å². The van der Waals surface area contributed by atoms with Crippen molar-refractivity contribution in [1.82, 2.24) is 5.32 Å². The van der Waals surface area contributed by atoms with Crippen molar-refractivity contribution in [2.75, 3.05) is 13.2 Å². The quantitative estimate of drug-likeness (QED) is 0.615. The van der Waals surface area contributed by atoms with E-state index in [2.05, 4.69) is 5.32 Å². The third-order valence-electron chi connectivity index (χ3n) is 3.55. The topological polar surface area (TPSA) is 68.5 Å². The minimum absolute atomic E-state index is 0.0197. The van der Waals surface area contributed by atoms with Crippen molar-refractivity contribution in [3.63, 3.8) is 0 Å². The summed E-state index contributed by atoms with van der Waals surface area (Å²) < 4.78 is 10.5. The van der Waals surface area contributed by atoms with Crippen LogP contribution in [0.3, 0.4) is 0 Å². The molecule has 0 fully saturated rings. The lowest BCUT2D eigenvalue weighted by Crippen LogP contribution is -2.30. The maximum atomic E-state index is 12.0. The first kappa shape index (κ1) is 18.2. The molecule has 2 aromatic heterocycles. The van der Waals surface area contributed by atoms with E-state index >= 15 is 0 Å². The average Bonchev–Trinajstić information content (AvgIpc) is 3.32.